The predicted molar refractivity (Wildman–Crippen MR) is 62.0 cm³/mol. The molecule has 1 N–H and O–H groups in total. The number of rotatable bonds is 0. The highest BCUT2D eigenvalue weighted by Gasteiger charge is 2.05. The highest BCUT2D eigenvalue weighted by molar-refractivity contribution is 5.75. The van der Waals surface area contributed by atoms with E-state index < -0.39 is 0 Å². The zero-order valence-electron chi connectivity index (χ0n) is 9.57. The van der Waals surface area contributed by atoms with E-state index in [2.05, 4.69) is 13.8 Å². The molecule has 2 nitrogen and oxygen atoms in total. The Morgan fingerprint density at radius 2 is 1.87 bits per heavy atom. The van der Waals surface area contributed by atoms with Gasteiger partial charge >= 0.3 is 0 Å². The normalized spacial score (nSPS) is 9.53. The summed E-state index contributed by atoms with van der Waals surface area (Å²) in [5, 5.41) is 10.5. The van der Waals surface area contributed by atoms with Gasteiger partial charge in [-0.15, -0.1) is 0 Å². The number of aromatic nitrogens is 1. The lowest BCUT2D eigenvalue weighted by atomic mass is 10.1. The van der Waals surface area contributed by atoms with Crippen molar-refractivity contribution in [1.29, 1.82) is 0 Å². The van der Waals surface area contributed by atoms with Crippen molar-refractivity contribution in [2.75, 3.05) is 0 Å². The third-order valence-electron chi connectivity index (χ3n) is 1.94. The summed E-state index contributed by atoms with van der Waals surface area (Å²) >= 11 is 0. The van der Waals surface area contributed by atoms with Crippen molar-refractivity contribution < 1.29 is 9.94 Å². The molecule has 0 aliphatic carbocycles. The van der Waals surface area contributed by atoms with Crippen LogP contribution in [0, 0.1) is 6.92 Å². The molecule has 0 bridgehead atoms. The number of hydrogen-bond donors (Lipinski definition) is 1. The number of benzene rings is 1. The predicted octanol–water partition coefficient (Wildman–Crippen LogP) is 3.09. The lowest BCUT2D eigenvalue weighted by Crippen LogP contribution is -2.29. The van der Waals surface area contributed by atoms with Crippen LogP contribution in [0.5, 0.6) is 0 Å². The first-order valence-corrected chi connectivity index (χ1v) is 5.29. The van der Waals surface area contributed by atoms with Crippen LogP contribution in [0.1, 0.15) is 25.8 Å². The van der Waals surface area contributed by atoms with Gasteiger partial charge < -0.3 is 0 Å². The largest absolute Gasteiger partial charge is 0.285 e. The molecule has 1 heterocycles. The Labute approximate surface area is 90.8 Å². The summed E-state index contributed by atoms with van der Waals surface area (Å²) < 4.78 is 1.14. The van der Waals surface area contributed by atoms with Gasteiger partial charge in [0, 0.05) is 16.9 Å². The van der Waals surface area contributed by atoms with E-state index in [1.165, 1.54) is 6.42 Å². The van der Waals surface area contributed by atoms with Gasteiger partial charge in [-0.2, -0.15) is 0 Å². The highest BCUT2D eigenvalue weighted by atomic mass is 16.5. The molecule has 0 aliphatic rings. The molecule has 15 heavy (non-hydrogen) atoms. The Morgan fingerprint density at radius 3 is 2.53 bits per heavy atom. The molecule has 0 atom stereocenters. The van der Waals surface area contributed by atoms with Gasteiger partial charge in [-0.05, 0) is 24.6 Å². The molecule has 0 amide bonds. The second kappa shape index (κ2) is 5.35. The lowest BCUT2D eigenvalue weighted by Gasteiger charge is -1.93. The maximum Gasteiger partial charge on any atom is 0.264 e. The van der Waals surface area contributed by atoms with Gasteiger partial charge in [-0.1, -0.05) is 26.3 Å². The average Bonchev–Trinajstić information content (AvgIpc) is 2.21. The van der Waals surface area contributed by atoms with Crippen molar-refractivity contribution in [3.63, 3.8) is 0 Å². The fraction of sp³-hybridized carbons (Fsp3) is 0.308. The van der Waals surface area contributed by atoms with E-state index in [0.717, 1.165) is 21.2 Å². The smallest absolute Gasteiger partial charge is 0.264 e. The fourth-order valence-corrected chi connectivity index (χ4v) is 1.30. The maximum absolute atomic E-state index is 9.41. The standard InChI is InChI=1S/C10H10NO.C3H8/c1-8-4-5-9-3-2-6-11(12)10(9)7-8;1-3-2/h2-7,12H,1H3;3H2,1-2H3/q+1;. The van der Waals surface area contributed by atoms with E-state index >= 15 is 0 Å². The van der Waals surface area contributed by atoms with Crippen LogP contribution in [0.25, 0.3) is 10.9 Å². The van der Waals surface area contributed by atoms with Gasteiger partial charge in [0.25, 0.3) is 5.52 Å². The first-order valence-electron chi connectivity index (χ1n) is 5.29. The van der Waals surface area contributed by atoms with Crippen LogP contribution in [0.4, 0.5) is 0 Å². The van der Waals surface area contributed by atoms with E-state index in [-0.39, 0.29) is 0 Å². The summed E-state index contributed by atoms with van der Waals surface area (Å²) in [4.78, 5) is 0. The maximum atomic E-state index is 9.41. The lowest BCUT2D eigenvalue weighted by molar-refractivity contribution is -0.884. The molecule has 2 heteroatoms. The van der Waals surface area contributed by atoms with Gasteiger partial charge in [0.05, 0.1) is 5.39 Å². The third-order valence-corrected chi connectivity index (χ3v) is 1.94. The van der Waals surface area contributed by atoms with Crippen LogP contribution in [0.3, 0.4) is 0 Å². The molecule has 0 spiro atoms. The third kappa shape index (κ3) is 2.94. The zero-order chi connectivity index (χ0) is 11.3. The van der Waals surface area contributed by atoms with Crippen LogP contribution in [-0.2, 0) is 0 Å². The molecule has 1 aromatic heterocycles. The van der Waals surface area contributed by atoms with Crippen LogP contribution in [0.2, 0.25) is 0 Å². The minimum absolute atomic E-state index is 0.845. The first-order chi connectivity index (χ1) is 7.19. The first kappa shape index (κ1) is 11.5. The Balaban J connectivity index is 0.000000337. The summed E-state index contributed by atoms with van der Waals surface area (Å²) in [6.45, 7) is 6.26. The average molecular weight is 204 g/mol. The van der Waals surface area contributed by atoms with E-state index in [1.54, 1.807) is 6.20 Å². The Hall–Kier alpha value is -1.57. The molecular weight excluding hydrogens is 186 g/mol. The Bertz CT molecular complexity index is 437. The Kier molecular flexibility index (Phi) is 4.10. The molecule has 0 fully saturated rings. The van der Waals surface area contributed by atoms with E-state index in [0.29, 0.717) is 0 Å². The van der Waals surface area contributed by atoms with E-state index in [9.17, 15) is 5.21 Å². The summed E-state index contributed by atoms with van der Waals surface area (Å²) in [7, 11) is 0. The summed E-state index contributed by atoms with van der Waals surface area (Å²) in [6.07, 6.45) is 2.88. The van der Waals surface area contributed by atoms with Gasteiger partial charge in [0.1, 0.15) is 0 Å². The molecule has 0 saturated carbocycles. The van der Waals surface area contributed by atoms with Crippen LogP contribution >= 0.6 is 0 Å². The van der Waals surface area contributed by atoms with Gasteiger partial charge in [0.2, 0.25) is 6.20 Å². The minimum atomic E-state index is 0.845. The Morgan fingerprint density at radius 1 is 1.20 bits per heavy atom. The summed E-state index contributed by atoms with van der Waals surface area (Å²) in [5.74, 6) is 0. The fourth-order valence-electron chi connectivity index (χ4n) is 1.30. The zero-order valence-corrected chi connectivity index (χ0v) is 9.57. The van der Waals surface area contributed by atoms with Crippen molar-refractivity contribution in [2.45, 2.75) is 27.2 Å². The minimum Gasteiger partial charge on any atom is -0.285 e. The molecule has 0 saturated heterocycles. The van der Waals surface area contributed by atoms with Crippen LogP contribution < -0.4 is 4.73 Å². The van der Waals surface area contributed by atoms with Crippen LogP contribution in [-0.4, -0.2) is 5.21 Å². The molecule has 0 radical (unpaired) electrons. The quantitative estimate of drug-likeness (QED) is 0.517. The molecule has 1 aromatic carbocycles. The molecular formula is C13H18NO+. The second-order valence-corrected chi connectivity index (χ2v) is 3.62. The number of pyridine rings is 1. The summed E-state index contributed by atoms with van der Waals surface area (Å²) in [6, 6.07) is 9.77. The van der Waals surface area contributed by atoms with Crippen molar-refractivity contribution in [1.82, 2.24) is 0 Å². The van der Waals surface area contributed by atoms with E-state index in [4.69, 9.17) is 0 Å². The SMILES string of the molecule is CCC.Cc1ccc2ccc[n+](O)c2c1. The highest BCUT2D eigenvalue weighted by Crippen LogP contribution is 2.10. The number of fused-ring (bicyclic) bond motifs is 1. The van der Waals surface area contributed by atoms with Crippen LogP contribution in [0.15, 0.2) is 36.5 Å². The van der Waals surface area contributed by atoms with Gasteiger partial charge in [-0.25, -0.2) is 0 Å². The number of hydrogen-bond acceptors (Lipinski definition) is 1. The van der Waals surface area contributed by atoms with Crippen molar-refractivity contribution in [3.05, 3.63) is 42.1 Å². The number of nitrogens with zero attached hydrogens (tertiary/aromatic N) is 1. The molecule has 0 aliphatic heterocycles. The molecule has 0 unspecified atom stereocenters. The summed E-state index contributed by atoms with van der Waals surface area (Å²) in [5.41, 5.74) is 1.99. The molecule has 2 aromatic rings. The topological polar surface area (TPSA) is 24.1 Å². The second-order valence-electron chi connectivity index (χ2n) is 3.62. The van der Waals surface area contributed by atoms with Crippen molar-refractivity contribution in [3.8, 4) is 0 Å². The van der Waals surface area contributed by atoms with Crippen molar-refractivity contribution >= 4 is 10.9 Å². The monoisotopic (exact) mass is 204 g/mol. The number of aryl methyl sites for hydroxylation is 1. The van der Waals surface area contributed by atoms with Crippen molar-refractivity contribution in [2.24, 2.45) is 0 Å². The molecule has 80 valence electrons. The van der Waals surface area contributed by atoms with Gasteiger partial charge in [0.15, 0.2) is 0 Å². The van der Waals surface area contributed by atoms with Gasteiger partial charge in [-0.3, -0.25) is 5.21 Å². The molecule has 2 rings (SSSR count). The van der Waals surface area contributed by atoms with E-state index in [1.807, 2.05) is 37.3 Å².